The summed E-state index contributed by atoms with van der Waals surface area (Å²) >= 11 is 0. The Morgan fingerprint density at radius 2 is 1.66 bits per heavy atom. The van der Waals surface area contributed by atoms with Crippen molar-refractivity contribution in [3.63, 3.8) is 0 Å². The van der Waals surface area contributed by atoms with Crippen LogP contribution in [0.4, 0.5) is 0 Å². The van der Waals surface area contributed by atoms with Crippen LogP contribution in [0.15, 0.2) is 77.2 Å². The first-order chi connectivity index (χ1) is 14.1. The normalized spacial score (nSPS) is 14.4. The van der Waals surface area contributed by atoms with Gasteiger partial charge in [0.2, 0.25) is 15.9 Å². The third-order valence-electron chi connectivity index (χ3n) is 5.06. The number of benzene rings is 2. The highest BCUT2D eigenvalue weighted by Gasteiger charge is 2.26. The van der Waals surface area contributed by atoms with Crippen LogP contribution in [0.5, 0.6) is 0 Å². The number of hydrogen-bond donors (Lipinski definition) is 1. The van der Waals surface area contributed by atoms with Gasteiger partial charge in [-0.1, -0.05) is 60.2 Å². The smallest absolute Gasteiger partial charge is 0.243 e. The molecule has 3 rings (SSSR count). The van der Waals surface area contributed by atoms with Gasteiger partial charge < -0.3 is 5.32 Å². The van der Waals surface area contributed by atoms with E-state index in [0.717, 1.165) is 24.8 Å². The van der Waals surface area contributed by atoms with Crippen LogP contribution < -0.4 is 5.32 Å². The lowest BCUT2D eigenvalue weighted by molar-refractivity contribution is -0.121. The standard InChI is InChI=1S/C23H28N2O3S/c26-23(24-17-16-20-10-4-1-5-11-20)19-25(18-21-12-6-2-7-13-21)29(27,28)22-14-8-3-9-15-22/h2-3,6-10,12-15H,1,4-5,11,16-19H2,(H,24,26). The summed E-state index contributed by atoms with van der Waals surface area (Å²) in [6, 6.07) is 17.6. The van der Waals surface area contributed by atoms with Gasteiger partial charge in [-0.2, -0.15) is 4.31 Å². The summed E-state index contributed by atoms with van der Waals surface area (Å²) in [4.78, 5) is 12.7. The van der Waals surface area contributed by atoms with Gasteiger partial charge in [0.05, 0.1) is 11.4 Å². The summed E-state index contributed by atoms with van der Waals surface area (Å²) in [5, 5.41) is 2.88. The number of carbonyl (C=O) groups is 1. The molecule has 0 saturated carbocycles. The Labute approximate surface area is 173 Å². The number of rotatable bonds is 9. The largest absolute Gasteiger partial charge is 0.355 e. The summed E-state index contributed by atoms with van der Waals surface area (Å²) in [5.74, 6) is -0.281. The van der Waals surface area contributed by atoms with E-state index in [1.807, 2.05) is 30.3 Å². The van der Waals surface area contributed by atoms with Crippen LogP contribution in [0.25, 0.3) is 0 Å². The monoisotopic (exact) mass is 412 g/mol. The molecule has 0 unspecified atom stereocenters. The zero-order chi connectivity index (χ0) is 20.5. The van der Waals surface area contributed by atoms with Crippen LogP contribution in [0.2, 0.25) is 0 Å². The Morgan fingerprint density at radius 3 is 2.31 bits per heavy atom. The average molecular weight is 413 g/mol. The quantitative estimate of drug-likeness (QED) is 0.636. The van der Waals surface area contributed by atoms with Crippen molar-refractivity contribution < 1.29 is 13.2 Å². The molecule has 0 aromatic heterocycles. The van der Waals surface area contributed by atoms with Gasteiger partial charge in [0, 0.05) is 13.1 Å². The Hall–Kier alpha value is -2.44. The summed E-state index contributed by atoms with van der Waals surface area (Å²) in [6.45, 7) is 0.483. The first-order valence-corrected chi connectivity index (χ1v) is 11.5. The van der Waals surface area contributed by atoms with Crippen LogP contribution in [-0.2, 0) is 21.4 Å². The third-order valence-corrected chi connectivity index (χ3v) is 6.86. The van der Waals surface area contributed by atoms with Crippen molar-refractivity contribution in [1.82, 2.24) is 9.62 Å². The van der Waals surface area contributed by atoms with Crippen molar-refractivity contribution in [3.8, 4) is 0 Å². The fourth-order valence-electron chi connectivity index (χ4n) is 3.46. The fraction of sp³-hybridized carbons (Fsp3) is 0.348. The van der Waals surface area contributed by atoms with Crippen LogP contribution in [0.1, 0.15) is 37.7 Å². The van der Waals surface area contributed by atoms with E-state index < -0.39 is 10.0 Å². The molecule has 0 aliphatic heterocycles. The number of sulfonamides is 1. The number of allylic oxidation sites excluding steroid dienone is 1. The van der Waals surface area contributed by atoms with Crippen LogP contribution in [0.3, 0.4) is 0 Å². The average Bonchev–Trinajstić information content (AvgIpc) is 2.75. The van der Waals surface area contributed by atoms with Gasteiger partial charge in [-0.15, -0.1) is 0 Å². The van der Waals surface area contributed by atoms with Crippen molar-refractivity contribution in [2.75, 3.05) is 13.1 Å². The lowest BCUT2D eigenvalue weighted by Crippen LogP contribution is -2.40. The van der Waals surface area contributed by atoms with Crippen molar-refractivity contribution >= 4 is 15.9 Å². The van der Waals surface area contributed by atoms with E-state index in [1.165, 1.54) is 22.7 Å². The molecule has 1 aliphatic rings. The van der Waals surface area contributed by atoms with Gasteiger partial charge in [0.25, 0.3) is 0 Å². The van der Waals surface area contributed by atoms with Gasteiger partial charge in [-0.3, -0.25) is 4.79 Å². The molecular formula is C23H28N2O3S. The minimum atomic E-state index is -3.78. The SMILES string of the molecule is O=C(CN(Cc1ccccc1)S(=O)(=O)c1ccccc1)NCCC1=CCCCC1. The number of hydrogen-bond acceptors (Lipinski definition) is 3. The van der Waals surface area contributed by atoms with Crippen molar-refractivity contribution in [3.05, 3.63) is 77.9 Å². The van der Waals surface area contributed by atoms with E-state index in [-0.39, 0.29) is 23.9 Å². The van der Waals surface area contributed by atoms with Crippen molar-refractivity contribution in [1.29, 1.82) is 0 Å². The molecular weight excluding hydrogens is 384 g/mol. The van der Waals surface area contributed by atoms with E-state index in [0.29, 0.717) is 6.54 Å². The molecule has 0 bridgehead atoms. The molecule has 6 heteroatoms. The Kier molecular flexibility index (Phi) is 7.61. The molecule has 2 aromatic carbocycles. The maximum Gasteiger partial charge on any atom is 0.243 e. The first-order valence-electron chi connectivity index (χ1n) is 10.1. The highest BCUT2D eigenvalue weighted by molar-refractivity contribution is 7.89. The molecule has 0 radical (unpaired) electrons. The molecule has 5 nitrogen and oxygen atoms in total. The van der Waals surface area contributed by atoms with E-state index in [9.17, 15) is 13.2 Å². The number of nitrogens with zero attached hydrogens (tertiary/aromatic N) is 1. The Morgan fingerprint density at radius 1 is 0.966 bits per heavy atom. The zero-order valence-corrected chi connectivity index (χ0v) is 17.4. The number of amides is 1. The molecule has 1 aliphatic carbocycles. The van der Waals surface area contributed by atoms with E-state index in [1.54, 1.807) is 30.3 Å². The second kappa shape index (κ2) is 10.4. The Bertz CT molecular complexity index is 925. The molecule has 1 amide bonds. The van der Waals surface area contributed by atoms with Crippen LogP contribution >= 0.6 is 0 Å². The lowest BCUT2D eigenvalue weighted by atomic mass is 9.97. The topological polar surface area (TPSA) is 66.5 Å². The third kappa shape index (κ3) is 6.27. The van der Waals surface area contributed by atoms with Gasteiger partial charge in [-0.25, -0.2) is 8.42 Å². The minimum Gasteiger partial charge on any atom is -0.355 e. The zero-order valence-electron chi connectivity index (χ0n) is 16.6. The molecule has 1 N–H and O–H groups in total. The maximum atomic E-state index is 13.1. The fourth-order valence-corrected chi connectivity index (χ4v) is 4.87. The molecule has 154 valence electrons. The summed E-state index contributed by atoms with van der Waals surface area (Å²) in [5.41, 5.74) is 2.22. The van der Waals surface area contributed by atoms with E-state index in [2.05, 4.69) is 11.4 Å². The number of nitrogens with one attached hydrogen (secondary N) is 1. The highest BCUT2D eigenvalue weighted by atomic mass is 32.2. The van der Waals surface area contributed by atoms with Crippen molar-refractivity contribution in [2.45, 2.75) is 43.5 Å². The molecule has 2 aromatic rings. The van der Waals surface area contributed by atoms with Gasteiger partial charge in [0.1, 0.15) is 0 Å². The molecule has 0 spiro atoms. The summed E-state index contributed by atoms with van der Waals surface area (Å²) in [7, 11) is -3.78. The molecule has 0 fully saturated rings. The molecule has 0 heterocycles. The molecule has 29 heavy (non-hydrogen) atoms. The van der Waals surface area contributed by atoms with E-state index in [4.69, 9.17) is 0 Å². The highest BCUT2D eigenvalue weighted by Crippen LogP contribution is 2.20. The van der Waals surface area contributed by atoms with Crippen LogP contribution in [0, 0.1) is 0 Å². The lowest BCUT2D eigenvalue weighted by Gasteiger charge is -2.22. The van der Waals surface area contributed by atoms with Crippen LogP contribution in [-0.4, -0.2) is 31.7 Å². The summed E-state index contributed by atoms with van der Waals surface area (Å²) < 4.78 is 27.5. The second-order valence-corrected chi connectivity index (χ2v) is 9.22. The second-order valence-electron chi connectivity index (χ2n) is 7.28. The van der Waals surface area contributed by atoms with Gasteiger partial charge in [-0.05, 0) is 49.8 Å². The van der Waals surface area contributed by atoms with Gasteiger partial charge >= 0.3 is 0 Å². The first kappa shape index (κ1) is 21.3. The Balaban J connectivity index is 1.67. The maximum absolute atomic E-state index is 13.1. The van der Waals surface area contributed by atoms with Gasteiger partial charge in [0.15, 0.2) is 0 Å². The molecule has 0 saturated heterocycles. The summed E-state index contributed by atoms with van der Waals surface area (Å²) in [6.07, 6.45) is 7.75. The minimum absolute atomic E-state index is 0.149. The predicted molar refractivity (Wildman–Crippen MR) is 115 cm³/mol. The van der Waals surface area contributed by atoms with E-state index >= 15 is 0 Å². The molecule has 0 atom stereocenters. The number of carbonyl (C=O) groups excluding carboxylic acids is 1. The predicted octanol–water partition coefficient (Wildman–Crippen LogP) is 3.88. The van der Waals surface area contributed by atoms with Crippen molar-refractivity contribution in [2.24, 2.45) is 0 Å².